The molecule has 9 heteroatoms. The molecule has 0 saturated carbocycles. The highest BCUT2D eigenvalue weighted by Crippen LogP contribution is 2.29. The second-order valence-corrected chi connectivity index (χ2v) is 9.30. The van der Waals surface area contributed by atoms with Crippen molar-refractivity contribution in [2.45, 2.75) is 18.8 Å². The van der Waals surface area contributed by atoms with Crippen molar-refractivity contribution >= 4 is 28.3 Å². The molecule has 0 radical (unpaired) electrons. The maximum absolute atomic E-state index is 13.5. The third-order valence-electron chi connectivity index (χ3n) is 6.11. The molecule has 0 aliphatic carbocycles. The number of nitrogens with zero attached hydrogens (tertiary/aromatic N) is 5. The number of carbonyl (C=O) groups is 1. The van der Waals surface area contributed by atoms with Crippen molar-refractivity contribution < 1.29 is 9.18 Å². The summed E-state index contributed by atoms with van der Waals surface area (Å²) in [6, 6.07) is 17.8. The van der Waals surface area contributed by atoms with E-state index in [-0.39, 0.29) is 23.5 Å². The van der Waals surface area contributed by atoms with E-state index in [0.29, 0.717) is 24.6 Å². The molecule has 6 rings (SSSR count). The monoisotopic (exact) mass is 472 g/mol. The van der Waals surface area contributed by atoms with E-state index in [9.17, 15) is 9.18 Å². The molecule has 5 aromatic rings. The molecule has 0 spiro atoms. The lowest BCUT2D eigenvalue weighted by molar-refractivity contribution is 0.0692. The van der Waals surface area contributed by atoms with Gasteiger partial charge in [-0.05, 0) is 60.7 Å². The number of imidazole rings is 1. The summed E-state index contributed by atoms with van der Waals surface area (Å²) >= 11 is 1.51. The SMILES string of the molecule is O=C(c1nc(-c2cccs2)n(-c2ccc(F)cc2)n1)N1CCCC(c2nc3ccccc3[nH]2)C1. The average Bonchev–Trinajstić information content (AvgIpc) is 3.63. The Bertz CT molecular complexity index is 1420. The van der Waals surface area contributed by atoms with Gasteiger partial charge in [0.2, 0.25) is 5.82 Å². The van der Waals surface area contributed by atoms with Gasteiger partial charge in [-0.25, -0.2) is 19.0 Å². The van der Waals surface area contributed by atoms with E-state index in [1.807, 2.05) is 46.7 Å². The Labute approximate surface area is 198 Å². The summed E-state index contributed by atoms with van der Waals surface area (Å²) in [7, 11) is 0. The Morgan fingerprint density at radius 2 is 1.91 bits per heavy atom. The predicted molar refractivity (Wildman–Crippen MR) is 129 cm³/mol. The number of thiophene rings is 1. The van der Waals surface area contributed by atoms with Crippen LogP contribution in [0.25, 0.3) is 27.4 Å². The van der Waals surface area contributed by atoms with Crippen LogP contribution in [0.1, 0.15) is 35.2 Å². The first-order chi connectivity index (χ1) is 16.7. The van der Waals surface area contributed by atoms with Gasteiger partial charge in [0.25, 0.3) is 5.91 Å². The number of H-pyrrole nitrogens is 1. The third-order valence-corrected chi connectivity index (χ3v) is 6.98. The Balaban J connectivity index is 1.30. The van der Waals surface area contributed by atoms with Crippen molar-refractivity contribution in [2.75, 3.05) is 13.1 Å². The van der Waals surface area contributed by atoms with Crippen LogP contribution in [-0.2, 0) is 0 Å². The van der Waals surface area contributed by atoms with Crippen molar-refractivity contribution in [3.63, 3.8) is 0 Å². The van der Waals surface area contributed by atoms with Crippen LogP contribution in [0.4, 0.5) is 4.39 Å². The molecule has 2 aromatic carbocycles. The van der Waals surface area contributed by atoms with Gasteiger partial charge >= 0.3 is 0 Å². The average molecular weight is 473 g/mol. The quantitative estimate of drug-likeness (QED) is 0.398. The number of likely N-dealkylation sites (tertiary alicyclic amines) is 1. The number of benzene rings is 2. The van der Waals surface area contributed by atoms with Gasteiger partial charge in [-0.3, -0.25) is 4.79 Å². The van der Waals surface area contributed by atoms with Gasteiger partial charge in [-0.15, -0.1) is 16.4 Å². The zero-order valence-corrected chi connectivity index (χ0v) is 19.0. The minimum Gasteiger partial charge on any atom is -0.342 e. The number of fused-ring (bicyclic) bond motifs is 1. The van der Waals surface area contributed by atoms with Crippen LogP contribution in [-0.4, -0.2) is 48.6 Å². The normalized spacial score (nSPS) is 16.3. The summed E-state index contributed by atoms with van der Waals surface area (Å²) in [6.45, 7) is 1.20. The van der Waals surface area contributed by atoms with E-state index < -0.39 is 0 Å². The fraction of sp³-hybridized carbons (Fsp3) is 0.200. The van der Waals surface area contributed by atoms with Crippen LogP contribution < -0.4 is 0 Å². The molecule has 1 N–H and O–H groups in total. The van der Waals surface area contributed by atoms with Crippen LogP contribution in [0.15, 0.2) is 66.0 Å². The first-order valence-corrected chi connectivity index (χ1v) is 12.0. The number of aromatic nitrogens is 5. The third kappa shape index (κ3) is 3.77. The van der Waals surface area contributed by atoms with Crippen LogP contribution >= 0.6 is 11.3 Å². The number of nitrogens with one attached hydrogen (secondary N) is 1. The largest absolute Gasteiger partial charge is 0.342 e. The molecule has 170 valence electrons. The van der Waals surface area contributed by atoms with Gasteiger partial charge in [-0.2, -0.15) is 0 Å². The number of para-hydroxylation sites is 2. The summed E-state index contributed by atoms with van der Waals surface area (Å²) in [5, 5.41) is 6.50. The highest BCUT2D eigenvalue weighted by atomic mass is 32.1. The lowest BCUT2D eigenvalue weighted by Crippen LogP contribution is -2.40. The molecule has 0 bridgehead atoms. The van der Waals surface area contributed by atoms with Crippen molar-refractivity contribution in [2.24, 2.45) is 0 Å². The standard InChI is InChI=1S/C25H21FN6OS/c26-17-9-11-18(12-10-17)32-24(21-8-4-14-34-21)29-23(30-32)25(33)31-13-3-5-16(15-31)22-27-19-6-1-2-7-20(19)28-22/h1-2,4,6-12,14,16H,3,5,13,15H2,(H,27,28). The van der Waals surface area contributed by atoms with Gasteiger partial charge in [0.1, 0.15) is 11.6 Å². The fourth-order valence-electron chi connectivity index (χ4n) is 4.42. The van der Waals surface area contributed by atoms with Crippen molar-refractivity contribution in [3.8, 4) is 16.4 Å². The van der Waals surface area contributed by atoms with E-state index in [2.05, 4.69) is 15.1 Å². The topological polar surface area (TPSA) is 79.7 Å². The highest BCUT2D eigenvalue weighted by Gasteiger charge is 2.30. The minimum absolute atomic E-state index is 0.126. The Kier molecular flexibility index (Phi) is 5.18. The summed E-state index contributed by atoms with van der Waals surface area (Å²) in [6.07, 6.45) is 1.84. The minimum atomic E-state index is -0.331. The van der Waals surface area contributed by atoms with Crippen molar-refractivity contribution in [1.82, 2.24) is 29.6 Å². The molecule has 1 aliphatic heterocycles. The highest BCUT2D eigenvalue weighted by molar-refractivity contribution is 7.13. The Morgan fingerprint density at radius 3 is 2.71 bits per heavy atom. The van der Waals surface area contributed by atoms with E-state index in [4.69, 9.17) is 4.98 Å². The lowest BCUT2D eigenvalue weighted by atomic mass is 9.97. The summed E-state index contributed by atoms with van der Waals surface area (Å²) < 4.78 is 15.1. The predicted octanol–water partition coefficient (Wildman–Crippen LogP) is 5.03. The molecule has 7 nitrogen and oxygen atoms in total. The molecule has 1 fully saturated rings. The number of hydrogen-bond donors (Lipinski definition) is 1. The number of hydrogen-bond acceptors (Lipinski definition) is 5. The van der Waals surface area contributed by atoms with Crippen LogP contribution in [0.5, 0.6) is 0 Å². The Hall–Kier alpha value is -3.85. The van der Waals surface area contributed by atoms with Crippen LogP contribution in [0, 0.1) is 5.82 Å². The van der Waals surface area contributed by atoms with Crippen LogP contribution in [0.3, 0.4) is 0 Å². The van der Waals surface area contributed by atoms with Gasteiger partial charge in [0, 0.05) is 19.0 Å². The molecule has 1 saturated heterocycles. The summed E-state index contributed by atoms with van der Waals surface area (Å²) in [5.41, 5.74) is 2.58. The molecule has 1 atom stereocenters. The number of aromatic amines is 1. The number of halogens is 1. The molecule has 34 heavy (non-hydrogen) atoms. The molecule has 1 aliphatic rings. The smallest absolute Gasteiger partial charge is 0.293 e. The maximum atomic E-state index is 13.5. The zero-order valence-electron chi connectivity index (χ0n) is 18.2. The van der Waals surface area contributed by atoms with Gasteiger partial charge < -0.3 is 9.88 Å². The second kappa shape index (κ2) is 8.49. The summed E-state index contributed by atoms with van der Waals surface area (Å²) in [4.78, 5) is 28.9. The molecule has 1 unspecified atom stereocenters. The van der Waals surface area contributed by atoms with Gasteiger partial charge in [0.05, 0.1) is 21.6 Å². The molecule has 4 heterocycles. The van der Waals surface area contributed by atoms with E-state index >= 15 is 0 Å². The van der Waals surface area contributed by atoms with Crippen molar-refractivity contribution in [1.29, 1.82) is 0 Å². The molecular weight excluding hydrogens is 451 g/mol. The van der Waals surface area contributed by atoms with Crippen molar-refractivity contribution in [3.05, 3.63) is 83.5 Å². The van der Waals surface area contributed by atoms with Gasteiger partial charge in [0.15, 0.2) is 5.82 Å². The van der Waals surface area contributed by atoms with E-state index in [0.717, 1.165) is 34.6 Å². The molecular formula is C25H21FN6OS. The number of rotatable bonds is 4. The fourth-order valence-corrected chi connectivity index (χ4v) is 5.12. The van der Waals surface area contributed by atoms with Crippen LogP contribution in [0.2, 0.25) is 0 Å². The number of amides is 1. The van der Waals surface area contributed by atoms with E-state index in [1.54, 1.807) is 16.8 Å². The molecule has 3 aromatic heterocycles. The Morgan fingerprint density at radius 1 is 1.06 bits per heavy atom. The van der Waals surface area contributed by atoms with E-state index in [1.165, 1.54) is 23.5 Å². The summed E-state index contributed by atoms with van der Waals surface area (Å²) in [5.74, 6) is 1.19. The maximum Gasteiger partial charge on any atom is 0.293 e. The van der Waals surface area contributed by atoms with Gasteiger partial charge in [-0.1, -0.05) is 18.2 Å². The number of carbonyl (C=O) groups excluding carboxylic acids is 1. The second-order valence-electron chi connectivity index (χ2n) is 8.35. The number of piperidine rings is 1. The zero-order chi connectivity index (χ0) is 23.1. The molecule has 1 amide bonds. The lowest BCUT2D eigenvalue weighted by Gasteiger charge is -2.31. The first kappa shape index (κ1) is 20.7. The first-order valence-electron chi connectivity index (χ1n) is 11.2.